The summed E-state index contributed by atoms with van der Waals surface area (Å²) < 4.78 is 0. The summed E-state index contributed by atoms with van der Waals surface area (Å²) in [5.74, 6) is 0.883. The third kappa shape index (κ3) is 5.78. The van der Waals surface area contributed by atoms with Crippen LogP contribution in [0.4, 0.5) is 11.6 Å². The molecule has 0 aliphatic carbocycles. The first-order valence-electron chi connectivity index (χ1n) is 8.29. The zero-order chi connectivity index (χ0) is 18.9. The number of rotatable bonds is 7. The van der Waals surface area contributed by atoms with Crippen LogP contribution in [0.1, 0.15) is 13.8 Å². The molecule has 0 radical (unpaired) electrons. The molecule has 0 saturated carbocycles. The van der Waals surface area contributed by atoms with Gasteiger partial charge in [-0.25, -0.2) is 15.0 Å². The van der Waals surface area contributed by atoms with E-state index < -0.39 is 0 Å². The molecule has 2 N–H and O–H groups in total. The number of likely N-dealkylation sites (N-methyl/N-ethyl adjacent to an activating group) is 1. The molecular formula is C19H24N6O. The molecule has 0 spiro atoms. The number of pyridine rings is 1. The maximum absolute atomic E-state index is 12.0. The Labute approximate surface area is 153 Å². The molecule has 0 bridgehead atoms. The van der Waals surface area contributed by atoms with E-state index >= 15 is 0 Å². The lowest BCUT2D eigenvalue weighted by Crippen LogP contribution is -2.13. The van der Waals surface area contributed by atoms with Crippen LogP contribution in [0, 0.1) is 0 Å². The molecule has 1 amide bonds. The maximum Gasteiger partial charge on any atom is 0.249 e. The number of amides is 1. The van der Waals surface area contributed by atoms with Gasteiger partial charge in [-0.3, -0.25) is 4.79 Å². The minimum absolute atomic E-state index is 0.228. The molecule has 0 aliphatic rings. The van der Waals surface area contributed by atoms with Gasteiger partial charge < -0.3 is 15.5 Å². The third-order valence-corrected chi connectivity index (χ3v) is 3.37. The molecule has 7 heteroatoms. The topological polar surface area (TPSA) is 83.0 Å². The highest BCUT2D eigenvalue weighted by atomic mass is 16.1. The third-order valence-electron chi connectivity index (χ3n) is 3.37. The Balaban J connectivity index is 2.22. The van der Waals surface area contributed by atoms with Crippen molar-refractivity contribution >= 4 is 28.4 Å². The van der Waals surface area contributed by atoms with E-state index in [1.165, 1.54) is 12.4 Å². The molecule has 0 atom stereocenters. The minimum atomic E-state index is -0.228. The summed E-state index contributed by atoms with van der Waals surface area (Å²) in [6, 6.07) is 1.76. The van der Waals surface area contributed by atoms with E-state index in [2.05, 4.69) is 25.6 Å². The number of hydrogen-bond donors (Lipinski definition) is 2. The SMILES string of the molecule is C/C=C\C=C(/C)Nc1ncnc2cnc(NC(=O)/C=C/CN(C)C)cc12. The molecule has 0 aromatic carbocycles. The molecule has 2 heterocycles. The molecule has 136 valence electrons. The summed E-state index contributed by atoms with van der Waals surface area (Å²) >= 11 is 0. The average molecular weight is 352 g/mol. The number of carbonyl (C=O) groups excluding carboxylic acids is 1. The monoisotopic (exact) mass is 352 g/mol. The molecule has 0 unspecified atom stereocenters. The van der Waals surface area contributed by atoms with Gasteiger partial charge in [-0.15, -0.1) is 0 Å². The zero-order valence-electron chi connectivity index (χ0n) is 15.5. The van der Waals surface area contributed by atoms with Gasteiger partial charge in [0.1, 0.15) is 18.0 Å². The number of fused-ring (bicyclic) bond motifs is 1. The molecular weight excluding hydrogens is 328 g/mol. The molecule has 0 aliphatic heterocycles. The number of carbonyl (C=O) groups is 1. The van der Waals surface area contributed by atoms with E-state index in [9.17, 15) is 4.79 Å². The maximum atomic E-state index is 12.0. The Morgan fingerprint density at radius 3 is 2.77 bits per heavy atom. The number of hydrogen-bond acceptors (Lipinski definition) is 6. The molecule has 2 rings (SSSR count). The van der Waals surface area contributed by atoms with Gasteiger partial charge in [0, 0.05) is 23.7 Å². The molecule has 7 nitrogen and oxygen atoms in total. The fraction of sp³-hybridized carbons (Fsp3) is 0.263. The summed E-state index contributed by atoms with van der Waals surface area (Å²) in [7, 11) is 3.88. The second-order valence-corrected chi connectivity index (χ2v) is 5.96. The number of anilines is 2. The van der Waals surface area contributed by atoms with Gasteiger partial charge >= 0.3 is 0 Å². The lowest BCUT2D eigenvalue weighted by Gasteiger charge is -2.09. The predicted octanol–water partition coefficient (Wildman–Crippen LogP) is 2.97. The van der Waals surface area contributed by atoms with Crippen molar-refractivity contribution in [2.75, 3.05) is 31.3 Å². The van der Waals surface area contributed by atoms with Gasteiger partial charge in [0.05, 0.1) is 11.7 Å². The Hall–Kier alpha value is -3.06. The van der Waals surface area contributed by atoms with E-state index in [1.807, 2.05) is 51.1 Å². The Morgan fingerprint density at radius 2 is 2.04 bits per heavy atom. The van der Waals surface area contributed by atoms with Crippen LogP contribution in [0.2, 0.25) is 0 Å². The molecule has 0 fully saturated rings. The van der Waals surface area contributed by atoms with Gasteiger partial charge in [0.15, 0.2) is 0 Å². The molecule has 26 heavy (non-hydrogen) atoms. The highest BCUT2D eigenvalue weighted by Gasteiger charge is 2.07. The summed E-state index contributed by atoms with van der Waals surface area (Å²) in [6.45, 7) is 4.60. The summed E-state index contributed by atoms with van der Waals surface area (Å²) in [5.41, 5.74) is 1.64. The van der Waals surface area contributed by atoms with Gasteiger partial charge in [-0.1, -0.05) is 18.2 Å². The van der Waals surface area contributed by atoms with Crippen molar-refractivity contribution in [3.63, 3.8) is 0 Å². The largest absolute Gasteiger partial charge is 0.343 e. The van der Waals surface area contributed by atoms with Crippen LogP contribution in [0.5, 0.6) is 0 Å². The minimum Gasteiger partial charge on any atom is -0.343 e. The van der Waals surface area contributed by atoms with E-state index in [0.29, 0.717) is 23.7 Å². The van der Waals surface area contributed by atoms with Crippen LogP contribution in [-0.4, -0.2) is 46.4 Å². The highest BCUT2D eigenvalue weighted by molar-refractivity contribution is 6.00. The second kappa shape index (κ2) is 9.43. The molecule has 2 aromatic heterocycles. The quantitative estimate of drug-likeness (QED) is 0.589. The normalized spacial score (nSPS) is 12.4. The van der Waals surface area contributed by atoms with Crippen molar-refractivity contribution in [3.8, 4) is 0 Å². The second-order valence-electron chi connectivity index (χ2n) is 5.96. The van der Waals surface area contributed by atoms with E-state index in [1.54, 1.807) is 18.3 Å². The summed E-state index contributed by atoms with van der Waals surface area (Å²) in [5, 5.41) is 6.78. The first kappa shape index (κ1) is 19.3. The van der Waals surface area contributed by atoms with Gasteiger partial charge in [-0.05, 0) is 40.1 Å². The number of aromatic nitrogens is 3. The van der Waals surface area contributed by atoms with Crippen LogP contribution in [0.15, 0.2) is 54.7 Å². The molecule has 0 saturated heterocycles. The lowest BCUT2D eigenvalue weighted by molar-refractivity contribution is -0.111. The fourth-order valence-corrected chi connectivity index (χ4v) is 2.13. The lowest BCUT2D eigenvalue weighted by atomic mass is 10.2. The van der Waals surface area contributed by atoms with Gasteiger partial charge in [-0.2, -0.15) is 0 Å². The first-order valence-corrected chi connectivity index (χ1v) is 8.29. The Morgan fingerprint density at radius 1 is 1.23 bits per heavy atom. The molecule has 2 aromatic rings. The number of nitrogens with zero attached hydrogens (tertiary/aromatic N) is 4. The zero-order valence-corrected chi connectivity index (χ0v) is 15.5. The summed E-state index contributed by atoms with van der Waals surface area (Å²) in [6.07, 6.45) is 12.2. The number of nitrogens with one attached hydrogen (secondary N) is 2. The van der Waals surface area contributed by atoms with E-state index in [-0.39, 0.29) is 5.91 Å². The fourth-order valence-electron chi connectivity index (χ4n) is 2.13. The Bertz CT molecular complexity index is 854. The van der Waals surface area contributed by atoms with Gasteiger partial charge in [0.25, 0.3) is 0 Å². The van der Waals surface area contributed by atoms with Crippen molar-refractivity contribution in [2.45, 2.75) is 13.8 Å². The van der Waals surface area contributed by atoms with Crippen molar-refractivity contribution < 1.29 is 4.79 Å². The summed E-state index contributed by atoms with van der Waals surface area (Å²) in [4.78, 5) is 26.7. The van der Waals surface area contributed by atoms with Crippen molar-refractivity contribution in [1.82, 2.24) is 19.9 Å². The van der Waals surface area contributed by atoms with E-state index in [0.717, 1.165) is 11.1 Å². The standard InChI is InChI=1S/C19H24N6O/c1-5-6-8-14(2)23-19-15-11-17(20-12-16(15)21-13-22-19)24-18(26)9-7-10-25(3)4/h5-9,11-13H,10H2,1-4H3,(H,20,24,26)(H,21,22,23)/b6-5-,9-7+,14-8+. The average Bonchev–Trinajstić information content (AvgIpc) is 2.60. The van der Waals surface area contributed by atoms with Gasteiger partial charge in [0.2, 0.25) is 5.91 Å². The van der Waals surface area contributed by atoms with Crippen LogP contribution in [0.25, 0.3) is 10.9 Å². The van der Waals surface area contributed by atoms with Crippen molar-refractivity contribution in [1.29, 1.82) is 0 Å². The highest BCUT2D eigenvalue weighted by Crippen LogP contribution is 2.22. The van der Waals surface area contributed by atoms with Crippen molar-refractivity contribution in [2.24, 2.45) is 0 Å². The Kier molecular flexibility index (Phi) is 6.99. The van der Waals surface area contributed by atoms with E-state index in [4.69, 9.17) is 0 Å². The van der Waals surface area contributed by atoms with Crippen LogP contribution >= 0.6 is 0 Å². The van der Waals surface area contributed by atoms with Crippen molar-refractivity contribution in [3.05, 3.63) is 54.7 Å². The van der Waals surface area contributed by atoms with Crippen LogP contribution < -0.4 is 10.6 Å². The smallest absolute Gasteiger partial charge is 0.249 e. The predicted molar refractivity (Wildman–Crippen MR) is 106 cm³/mol. The van der Waals surface area contributed by atoms with Crippen LogP contribution in [-0.2, 0) is 4.79 Å². The first-order chi connectivity index (χ1) is 12.5. The number of allylic oxidation sites excluding steroid dienone is 4. The van der Waals surface area contributed by atoms with Crippen LogP contribution in [0.3, 0.4) is 0 Å².